The Morgan fingerprint density at radius 3 is 3.11 bits per heavy atom. The number of aromatic nitrogens is 1. The molecule has 0 aliphatic heterocycles. The third kappa shape index (κ3) is 3.84. The van der Waals surface area contributed by atoms with E-state index < -0.39 is 0 Å². The molecule has 0 unspecified atom stereocenters. The maximum atomic E-state index is 11.9. The number of benzene rings is 1. The zero-order chi connectivity index (χ0) is 13.7. The minimum atomic E-state index is -0.113. The van der Waals surface area contributed by atoms with Gasteiger partial charge in [-0.2, -0.15) is 0 Å². The Labute approximate surface area is 119 Å². The molecular formula is C12H15N3O2S2. The van der Waals surface area contributed by atoms with Crippen LogP contribution in [0.25, 0.3) is 10.2 Å². The molecule has 1 aromatic heterocycles. The number of H-pyrrole nitrogens is 1. The van der Waals surface area contributed by atoms with Crippen molar-refractivity contribution in [1.82, 2.24) is 10.3 Å². The smallest absolute Gasteiger partial charge is 0.251 e. The average Bonchev–Trinajstić information content (AvgIpc) is 2.77. The Kier molecular flexibility index (Phi) is 5.03. The van der Waals surface area contributed by atoms with Gasteiger partial charge < -0.3 is 20.8 Å². The molecule has 0 saturated heterocycles. The van der Waals surface area contributed by atoms with Crippen molar-refractivity contribution < 1.29 is 9.53 Å². The highest BCUT2D eigenvalue weighted by molar-refractivity contribution is 7.73. The van der Waals surface area contributed by atoms with E-state index in [0.29, 0.717) is 35.8 Å². The topological polar surface area (TPSA) is 80.1 Å². The number of amides is 1. The molecule has 1 aromatic carbocycles. The lowest BCUT2D eigenvalue weighted by Gasteiger charge is -2.05. The van der Waals surface area contributed by atoms with E-state index in [4.69, 9.17) is 22.7 Å². The van der Waals surface area contributed by atoms with Gasteiger partial charge in [0.15, 0.2) is 3.95 Å². The van der Waals surface area contributed by atoms with Gasteiger partial charge in [0.2, 0.25) is 0 Å². The molecule has 0 saturated carbocycles. The van der Waals surface area contributed by atoms with Crippen LogP contribution in [0.1, 0.15) is 10.4 Å². The predicted molar refractivity (Wildman–Crippen MR) is 79.2 cm³/mol. The summed E-state index contributed by atoms with van der Waals surface area (Å²) in [5.74, 6) is -0.113. The second kappa shape index (κ2) is 6.76. The molecule has 0 aliphatic rings. The highest BCUT2D eigenvalue weighted by Crippen LogP contribution is 2.20. The third-order valence-corrected chi connectivity index (χ3v) is 3.67. The van der Waals surface area contributed by atoms with Crippen LogP contribution in [0.15, 0.2) is 18.2 Å². The Bertz CT molecular complexity index is 621. The number of carbonyl (C=O) groups excluding carboxylic acids is 1. The quantitative estimate of drug-likeness (QED) is 0.559. The average molecular weight is 297 g/mol. The van der Waals surface area contributed by atoms with Crippen molar-refractivity contribution in [2.24, 2.45) is 5.73 Å². The van der Waals surface area contributed by atoms with Gasteiger partial charge in [0.25, 0.3) is 5.91 Å². The molecule has 0 aliphatic carbocycles. The van der Waals surface area contributed by atoms with Crippen LogP contribution in [0.2, 0.25) is 0 Å². The summed E-state index contributed by atoms with van der Waals surface area (Å²) in [5.41, 5.74) is 6.87. The minimum Gasteiger partial charge on any atom is -0.378 e. The SMILES string of the molecule is NCCOCCNC(=O)c1ccc2[nH]c(=S)sc2c1. The Hall–Kier alpha value is -1.28. The lowest BCUT2D eigenvalue weighted by molar-refractivity contribution is 0.0920. The van der Waals surface area contributed by atoms with Gasteiger partial charge in [-0.05, 0) is 30.4 Å². The van der Waals surface area contributed by atoms with E-state index in [9.17, 15) is 4.79 Å². The Balaban J connectivity index is 1.95. The van der Waals surface area contributed by atoms with Crippen molar-refractivity contribution in [2.45, 2.75) is 0 Å². The van der Waals surface area contributed by atoms with Crippen molar-refractivity contribution in [1.29, 1.82) is 0 Å². The van der Waals surface area contributed by atoms with E-state index in [-0.39, 0.29) is 5.91 Å². The molecule has 0 radical (unpaired) electrons. The van der Waals surface area contributed by atoms with E-state index in [1.165, 1.54) is 11.3 Å². The van der Waals surface area contributed by atoms with Crippen LogP contribution in [-0.4, -0.2) is 37.2 Å². The van der Waals surface area contributed by atoms with Gasteiger partial charge in [-0.3, -0.25) is 4.79 Å². The fraction of sp³-hybridized carbons (Fsp3) is 0.333. The molecule has 0 atom stereocenters. The summed E-state index contributed by atoms with van der Waals surface area (Å²) in [5, 5.41) is 2.79. The number of ether oxygens (including phenoxy) is 1. The molecule has 102 valence electrons. The highest BCUT2D eigenvalue weighted by atomic mass is 32.1. The van der Waals surface area contributed by atoms with Crippen LogP contribution in [0.4, 0.5) is 0 Å². The van der Waals surface area contributed by atoms with Crippen molar-refractivity contribution in [3.05, 3.63) is 27.7 Å². The van der Waals surface area contributed by atoms with Crippen molar-refractivity contribution in [3.8, 4) is 0 Å². The molecule has 4 N–H and O–H groups in total. The van der Waals surface area contributed by atoms with Crippen LogP contribution >= 0.6 is 23.6 Å². The number of hydrogen-bond acceptors (Lipinski definition) is 5. The van der Waals surface area contributed by atoms with Crippen molar-refractivity contribution in [3.63, 3.8) is 0 Å². The molecule has 5 nitrogen and oxygen atoms in total. The number of fused-ring (bicyclic) bond motifs is 1. The van der Waals surface area contributed by atoms with Gasteiger partial charge in [0.05, 0.1) is 23.4 Å². The van der Waals surface area contributed by atoms with Gasteiger partial charge in [-0.25, -0.2) is 0 Å². The van der Waals surface area contributed by atoms with E-state index in [1.807, 2.05) is 12.1 Å². The summed E-state index contributed by atoms with van der Waals surface area (Å²) in [6.07, 6.45) is 0. The lowest BCUT2D eigenvalue weighted by atomic mass is 10.2. The van der Waals surface area contributed by atoms with E-state index in [0.717, 1.165) is 10.2 Å². The van der Waals surface area contributed by atoms with Gasteiger partial charge >= 0.3 is 0 Å². The number of rotatable bonds is 6. The largest absolute Gasteiger partial charge is 0.378 e. The molecule has 7 heteroatoms. The molecule has 0 bridgehead atoms. The summed E-state index contributed by atoms with van der Waals surface area (Å²) in [7, 11) is 0. The second-order valence-electron chi connectivity index (χ2n) is 3.88. The van der Waals surface area contributed by atoms with Crippen molar-refractivity contribution >= 4 is 39.7 Å². The fourth-order valence-corrected chi connectivity index (χ4v) is 2.77. The number of thiazole rings is 1. The fourth-order valence-electron chi connectivity index (χ4n) is 1.61. The molecular weight excluding hydrogens is 282 g/mol. The minimum absolute atomic E-state index is 0.113. The first-order valence-electron chi connectivity index (χ1n) is 5.89. The number of aromatic amines is 1. The predicted octanol–water partition coefficient (Wildman–Crippen LogP) is 1.66. The highest BCUT2D eigenvalue weighted by Gasteiger charge is 2.06. The number of hydrogen-bond donors (Lipinski definition) is 3. The summed E-state index contributed by atoms with van der Waals surface area (Å²) in [6, 6.07) is 5.47. The molecule has 2 aromatic rings. The molecule has 1 heterocycles. The van der Waals surface area contributed by atoms with E-state index in [2.05, 4.69) is 10.3 Å². The maximum absolute atomic E-state index is 11.9. The van der Waals surface area contributed by atoms with Crippen LogP contribution in [0.5, 0.6) is 0 Å². The first kappa shape index (κ1) is 14.1. The van der Waals surface area contributed by atoms with Crippen LogP contribution < -0.4 is 11.1 Å². The number of nitrogens with one attached hydrogen (secondary N) is 2. The van der Waals surface area contributed by atoms with Crippen LogP contribution in [0.3, 0.4) is 0 Å². The van der Waals surface area contributed by atoms with Gasteiger partial charge in [0, 0.05) is 18.7 Å². The molecule has 2 rings (SSSR count). The molecule has 0 spiro atoms. The normalized spacial score (nSPS) is 10.8. The van der Waals surface area contributed by atoms with E-state index >= 15 is 0 Å². The first-order valence-corrected chi connectivity index (χ1v) is 7.12. The summed E-state index contributed by atoms with van der Waals surface area (Å²) in [4.78, 5) is 15.0. The Morgan fingerprint density at radius 2 is 2.32 bits per heavy atom. The number of carbonyl (C=O) groups is 1. The van der Waals surface area contributed by atoms with E-state index in [1.54, 1.807) is 6.07 Å². The van der Waals surface area contributed by atoms with Gasteiger partial charge in [0.1, 0.15) is 0 Å². The molecule has 1 amide bonds. The van der Waals surface area contributed by atoms with Crippen molar-refractivity contribution in [2.75, 3.05) is 26.3 Å². The standard InChI is InChI=1S/C12H15N3O2S2/c13-3-5-17-6-4-14-11(16)8-1-2-9-10(7-8)19-12(18)15-9/h1-2,7H,3-6,13H2,(H,14,16)(H,15,18). The summed E-state index contributed by atoms with van der Waals surface area (Å²) >= 11 is 6.53. The second-order valence-corrected chi connectivity index (χ2v) is 5.60. The lowest BCUT2D eigenvalue weighted by Crippen LogP contribution is -2.27. The summed E-state index contributed by atoms with van der Waals surface area (Å²) in [6.45, 7) is 1.94. The molecule has 0 fully saturated rings. The van der Waals surface area contributed by atoms with Gasteiger partial charge in [-0.1, -0.05) is 0 Å². The van der Waals surface area contributed by atoms with Crippen LogP contribution in [0, 0.1) is 3.95 Å². The number of nitrogens with two attached hydrogens (primary N) is 1. The van der Waals surface area contributed by atoms with Gasteiger partial charge in [-0.15, -0.1) is 11.3 Å². The molecule has 19 heavy (non-hydrogen) atoms. The monoisotopic (exact) mass is 297 g/mol. The summed E-state index contributed by atoms with van der Waals surface area (Å²) < 4.78 is 6.88. The van der Waals surface area contributed by atoms with Crippen LogP contribution in [-0.2, 0) is 4.74 Å². The zero-order valence-corrected chi connectivity index (χ0v) is 11.9. The zero-order valence-electron chi connectivity index (χ0n) is 10.3. The maximum Gasteiger partial charge on any atom is 0.251 e. The third-order valence-electron chi connectivity index (χ3n) is 2.48. The first-order chi connectivity index (χ1) is 9.20. The Morgan fingerprint density at radius 1 is 1.47 bits per heavy atom.